The summed E-state index contributed by atoms with van der Waals surface area (Å²) in [6.45, 7) is 3.83. The van der Waals surface area contributed by atoms with Crippen molar-refractivity contribution in [2.24, 2.45) is 0 Å². The van der Waals surface area contributed by atoms with Gasteiger partial charge in [-0.1, -0.05) is 45.8 Å². The van der Waals surface area contributed by atoms with Gasteiger partial charge in [0, 0.05) is 38.1 Å². The van der Waals surface area contributed by atoms with Gasteiger partial charge >= 0.3 is 0 Å². The molecule has 2 heterocycles. The minimum Gasteiger partial charge on any atom is -0.452 e. The first-order valence-corrected chi connectivity index (χ1v) is 10.8. The fraction of sp³-hybridized carbons (Fsp3) is 0.0769. The van der Waals surface area contributed by atoms with Crippen LogP contribution in [0.1, 0.15) is 37.8 Å². The molecule has 0 spiro atoms. The summed E-state index contributed by atoms with van der Waals surface area (Å²) in [6, 6.07) is 20.0. The van der Waals surface area contributed by atoms with E-state index in [0.29, 0.717) is 28.2 Å². The number of hydrogen-bond acceptors (Lipinski definition) is 4. The minimum absolute atomic E-state index is 0.169. The van der Waals surface area contributed by atoms with E-state index in [4.69, 9.17) is 8.83 Å². The van der Waals surface area contributed by atoms with E-state index < -0.39 is 0 Å². The normalized spacial score (nSPS) is 11.2. The highest BCUT2D eigenvalue weighted by atomic mass is 79.9. The van der Waals surface area contributed by atoms with Gasteiger partial charge < -0.3 is 14.2 Å². The van der Waals surface area contributed by atoms with Gasteiger partial charge in [0.05, 0.1) is 0 Å². The Bertz CT molecular complexity index is 1510. The third-order valence-electron chi connectivity index (χ3n) is 5.42. The monoisotopic (exact) mass is 487 g/mol. The van der Waals surface area contributed by atoms with Crippen molar-refractivity contribution < 1.29 is 18.4 Å². The molecule has 0 atom stereocenters. The second kappa shape index (κ2) is 7.80. The van der Waals surface area contributed by atoms with Crippen molar-refractivity contribution in [2.45, 2.75) is 13.8 Å². The zero-order chi connectivity index (χ0) is 22.4. The zero-order valence-corrected chi connectivity index (χ0v) is 18.9. The molecule has 0 aliphatic heterocycles. The van der Waals surface area contributed by atoms with Gasteiger partial charge in [0.1, 0.15) is 11.2 Å². The second-order valence-electron chi connectivity index (χ2n) is 7.71. The van der Waals surface area contributed by atoms with Crippen LogP contribution in [0.3, 0.4) is 0 Å². The number of amides is 1. The van der Waals surface area contributed by atoms with Gasteiger partial charge in [-0.05, 0) is 50.2 Å². The molecule has 0 saturated carbocycles. The lowest BCUT2D eigenvalue weighted by molar-refractivity contribution is 0.0995. The molecule has 0 radical (unpaired) electrons. The fourth-order valence-electron chi connectivity index (χ4n) is 3.67. The van der Waals surface area contributed by atoms with E-state index in [0.717, 1.165) is 26.4 Å². The number of benzene rings is 3. The quantitative estimate of drug-likeness (QED) is 0.276. The molecule has 0 aliphatic carbocycles. The molecular formula is C26H18BrNO4. The Morgan fingerprint density at radius 2 is 1.62 bits per heavy atom. The molecule has 6 heteroatoms. The lowest BCUT2D eigenvalue weighted by atomic mass is 10.0. The summed E-state index contributed by atoms with van der Waals surface area (Å²) in [6.07, 6.45) is 0. The van der Waals surface area contributed by atoms with Crippen molar-refractivity contribution >= 4 is 55.2 Å². The van der Waals surface area contributed by atoms with Crippen molar-refractivity contribution in [3.8, 4) is 0 Å². The number of hydrogen-bond donors (Lipinski definition) is 1. The summed E-state index contributed by atoms with van der Waals surface area (Å²) in [7, 11) is 0. The average Bonchev–Trinajstić information content (AvgIpc) is 3.34. The van der Waals surface area contributed by atoms with Gasteiger partial charge in [-0.25, -0.2) is 0 Å². The lowest BCUT2D eigenvalue weighted by Gasteiger charge is -2.02. The van der Waals surface area contributed by atoms with Crippen molar-refractivity contribution in [1.82, 2.24) is 0 Å². The zero-order valence-electron chi connectivity index (χ0n) is 17.4. The maximum atomic E-state index is 12.9. The van der Waals surface area contributed by atoms with Crippen molar-refractivity contribution in [3.63, 3.8) is 0 Å². The second-order valence-corrected chi connectivity index (χ2v) is 8.62. The van der Waals surface area contributed by atoms with Crippen LogP contribution in [0.4, 0.5) is 5.69 Å². The van der Waals surface area contributed by atoms with E-state index >= 15 is 0 Å². The van der Waals surface area contributed by atoms with E-state index in [9.17, 15) is 9.59 Å². The van der Waals surface area contributed by atoms with Gasteiger partial charge in [-0.15, -0.1) is 0 Å². The van der Waals surface area contributed by atoms with Crippen LogP contribution in [-0.2, 0) is 0 Å². The molecular weight excluding hydrogens is 470 g/mol. The molecule has 0 fully saturated rings. The molecule has 1 N–H and O–H groups in total. The molecule has 0 bridgehead atoms. The van der Waals surface area contributed by atoms with Crippen LogP contribution in [-0.4, -0.2) is 11.7 Å². The minimum atomic E-state index is -0.365. The van der Waals surface area contributed by atoms with Gasteiger partial charge in [0.15, 0.2) is 11.5 Å². The summed E-state index contributed by atoms with van der Waals surface area (Å²) in [4.78, 5) is 25.6. The topological polar surface area (TPSA) is 72.5 Å². The fourth-order valence-corrected chi connectivity index (χ4v) is 4.05. The number of fused-ring (bicyclic) bond motifs is 2. The van der Waals surface area contributed by atoms with Crippen LogP contribution in [0.5, 0.6) is 0 Å². The first-order chi connectivity index (χ1) is 15.4. The molecule has 5 rings (SSSR count). The number of furan rings is 2. The number of carbonyl (C=O) groups is 2. The lowest BCUT2D eigenvalue weighted by Crippen LogP contribution is -2.10. The van der Waals surface area contributed by atoms with E-state index in [2.05, 4.69) is 21.2 Å². The first kappa shape index (κ1) is 20.3. The Balaban J connectivity index is 1.43. The number of aryl methyl sites for hydroxylation is 2. The number of rotatable bonds is 4. The molecule has 3 aromatic carbocycles. The van der Waals surface area contributed by atoms with Crippen LogP contribution in [0.2, 0.25) is 0 Å². The summed E-state index contributed by atoms with van der Waals surface area (Å²) in [5, 5.41) is 4.49. The van der Waals surface area contributed by atoms with Crippen LogP contribution in [0.25, 0.3) is 21.9 Å². The van der Waals surface area contributed by atoms with Crippen molar-refractivity contribution in [1.29, 1.82) is 0 Å². The van der Waals surface area contributed by atoms with E-state index in [-0.39, 0.29) is 17.5 Å². The molecule has 32 heavy (non-hydrogen) atoms. The predicted octanol–water partition coefficient (Wildman–Crippen LogP) is 7.04. The van der Waals surface area contributed by atoms with Gasteiger partial charge in [-0.3, -0.25) is 9.59 Å². The van der Waals surface area contributed by atoms with Gasteiger partial charge in [0.25, 0.3) is 5.91 Å². The summed E-state index contributed by atoms with van der Waals surface area (Å²) in [5.41, 5.74) is 4.14. The molecule has 0 unspecified atom stereocenters. The summed E-state index contributed by atoms with van der Waals surface area (Å²) < 4.78 is 12.5. The van der Waals surface area contributed by atoms with Gasteiger partial charge in [0.2, 0.25) is 5.78 Å². The molecule has 158 valence electrons. The predicted molar refractivity (Wildman–Crippen MR) is 127 cm³/mol. The maximum Gasteiger partial charge on any atom is 0.291 e. The first-order valence-electron chi connectivity index (χ1n) is 10.0. The van der Waals surface area contributed by atoms with Gasteiger partial charge in [-0.2, -0.15) is 0 Å². The Labute approximate surface area is 192 Å². The highest BCUT2D eigenvalue weighted by Gasteiger charge is 2.20. The number of ketones is 1. The van der Waals surface area contributed by atoms with E-state index in [1.54, 1.807) is 36.4 Å². The number of halogens is 1. The van der Waals surface area contributed by atoms with E-state index in [1.165, 1.54) is 0 Å². The van der Waals surface area contributed by atoms with E-state index in [1.807, 2.05) is 44.2 Å². The van der Waals surface area contributed by atoms with Crippen molar-refractivity contribution in [3.05, 3.63) is 99.4 Å². The van der Waals surface area contributed by atoms with Crippen molar-refractivity contribution in [2.75, 3.05) is 5.32 Å². The molecule has 0 saturated heterocycles. The third-order valence-corrected chi connectivity index (χ3v) is 5.91. The third kappa shape index (κ3) is 3.63. The molecule has 2 aromatic heterocycles. The number of carbonyl (C=O) groups excluding carboxylic acids is 2. The summed E-state index contributed by atoms with van der Waals surface area (Å²) >= 11 is 3.41. The highest BCUT2D eigenvalue weighted by Crippen LogP contribution is 2.30. The molecule has 5 aromatic rings. The Morgan fingerprint density at radius 1 is 0.844 bits per heavy atom. The van der Waals surface area contributed by atoms with Crippen LogP contribution < -0.4 is 5.32 Å². The van der Waals surface area contributed by atoms with Crippen LogP contribution in [0, 0.1) is 13.8 Å². The summed E-state index contributed by atoms with van der Waals surface area (Å²) in [5.74, 6) is -0.0205. The Kier molecular flexibility index (Phi) is 4.94. The SMILES string of the molecule is Cc1ccc(C(=O)c2oc3cc(NC(=O)c4cc5cc(Br)ccc5o4)ccc3c2C)cc1. The Hall–Kier alpha value is -3.64. The average molecular weight is 488 g/mol. The standard InChI is InChI=1S/C26H18BrNO4/c1-14-3-5-16(6-4-14)24(29)25-15(2)20-9-8-19(13-22(20)32-25)28-26(30)23-12-17-11-18(27)7-10-21(17)31-23/h3-13H,1-2H3,(H,28,30). The van der Waals surface area contributed by atoms with Crippen LogP contribution in [0.15, 0.2) is 80.0 Å². The highest BCUT2D eigenvalue weighted by molar-refractivity contribution is 9.10. The maximum absolute atomic E-state index is 12.9. The van der Waals surface area contributed by atoms with Crippen LogP contribution >= 0.6 is 15.9 Å². The largest absolute Gasteiger partial charge is 0.452 e. The molecule has 1 amide bonds. The number of anilines is 1. The smallest absolute Gasteiger partial charge is 0.291 e. The molecule has 0 aliphatic rings. The Morgan fingerprint density at radius 3 is 2.41 bits per heavy atom. The number of nitrogens with one attached hydrogen (secondary N) is 1. The molecule has 5 nitrogen and oxygen atoms in total.